The number of likely N-dealkylation sites (N-methyl/N-ethyl adjacent to an activating group) is 1. The van der Waals surface area contributed by atoms with Crippen LogP contribution in [0.15, 0.2) is 24.3 Å². The first-order valence-corrected chi connectivity index (χ1v) is 8.18. The van der Waals surface area contributed by atoms with Gasteiger partial charge in [-0.25, -0.2) is 0 Å². The number of hydrogen-bond acceptors (Lipinski definition) is 3. The number of nitrogens with zero attached hydrogens (tertiary/aromatic N) is 1. The maximum Gasteiger partial charge on any atom is 0.118 e. The molecule has 21 heavy (non-hydrogen) atoms. The molecule has 0 fully saturated rings. The van der Waals surface area contributed by atoms with Crippen LogP contribution < -0.4 is 10.1 Å². The minimum Gasteiger partial charge on any atom is -0.497 e. The van der Waals surface area contributed by atoms with Crippen molar-refractivity contribution in [3.8, 4) is 5.75 Å². The Balaban J connectivity index is 2.96. The van der Waals surface area contributed by atoms with Crippen molar-refractivity contribution in [1.29, 1.82) is 0 Å². The SMILES string of the molecule is CCCNC(c1ccc(OC)cc1)C(C)N(CC)C(C)C. The summed E-state index contributed by atoms with van der Waals surface area (Å²) in [5, 5.41) is 3.71. The van der Waals surface area contributed by atoms with E-state index in [4.69, 9.17) is 4.74 Å². The summed E-state index contributed by atoms with van der Waals surface area (Å²) < 4.78 is 5.27. The number of ether oxygens (including phenoxy) is 1. The Kier molecular flexibility index (Phi) is 7.76. The normalized spacial score (nSPS) is 14.5. The molecule has 0 bridgehead atoms. The molecule has 3 heteroatoms. The van der Waals surface area contributed by atoms with Gasteiger partial charge in [-0.05, 0) is 58.0 Å². The van der Waals surface area contributed by atoms with Crippen molar-refractivity contribution in [1.82, 2.24) is 10.2 Å². The first kappa shape index (κ1) is 18.0. The lowest BCUT2D eigenvalue weighted by atomic mass is 9.97. The fourth-order valence-electron chi connectivity index (χ4n) is 2.99. The zero-order valence-corrected chi connectivity index (χ0v) is 14.5. The van der Waals surface area contributed by atoms with Crippen LogP contribution in [0.5, 0.6) is 5.75 Å². The van der Waals surface area contributed by atoms with E-state index in [0.29, 0.717) is 18.1 Å². The van der Waals surface area contributed by atoms with Crippen LogP contribution in [0.4, 0.5) is 0 Å². The smallest absolute Gasteiger partial charge is 0.118 e. The minimum absolute atomic E-state index is 0.346. The molecule has 1 rings (SSSR count). The highest BCUT2D eigenvalue weighted by atomic mass is 16.5. The molecular formula is C18H32N2O. The fourth-order valence-corrected chi connectivity index (χ4v) is 2.99. The molecule has 0 aromatic heterocycles. The van der Waals surface area contributed by atoms with Crippen molar-refractivity contribution in [3.05, 3.63) is 29.8 Å². The van der Waals surface area contributed by atoms with Crippen LogP contribution >= 0.6 is 0 Å². The molecule has 1 N–H and O–H groups in total. The van der Waals surface area contributed by atoms with Gasteiger partial charge >= 0.3 is 0 Å². The molecule has 2 atom stereocenters. The molecule has 1 aromatic carbocycles. The topological polar surface area (TPSA) is 24.5 Å². The Morgan fingerprint density at radius 3 is 2.14 bits per heavy atom. The van der Waals surface area contributed by atoms with E-state index in [9.17, 15) is 0 Å². The number of methoxy groups -OCH3 is 1. The highest BCUT2D eigenvalue weighted by Gasteiger charge is 2.25. The predicted octanol–water partition coefficient (Wildman–Crippen LogP) is 3.85. The second-order valence-electron chi connectivity index (χ2n) is 5.87. The average Bonchev–Trinajstić information content (AvgIpc) is 2.48. The highest BCUT2D eigenvalue weighted by molar-refractivity contribution is 5.30. The molecule has 0 saturated carbocycles. The maximum absolute atomic E-state index is 5.27. The molecular weight excluding hydrogens is 260 g/mol. The number of rotatable bonds is 9. The summed E-state index contributed by atoms with van der Waals surface area (Å²) in [7, 11) is 1.71. The number of nitrogens with one attached hydrogen (secondary N) is 1. The summed E-state index contributed by atoms with van der Waals surface area (Å²) in [6.07, 6.45) is 1.15. The minimum atomic E-state index is 0.346. The van der Waals surface area contributed by atoms with E-state index in [1.165, 1.54) is 5.56 Å². The van der Waals surface area contributed by atoms with Crippen molar-refractivity contribution in [2.45, 2.75) is 59.2 Å². The van der Waals surface area contributed by atoms with Gasteiger partial charge in [0.1, 0.15) is 5.75 Å². The van der Waals surface area contributed by atoms with Crippen LogP contribution in [-0.4, -0.2) is 37.2 Å². The van der Waals surface area contributed by atoms with Gasteiger partial charge in [0.2, 0.25) is 0 Å². The zero-order valence-electron chi connectivity index (χ0n) is 14.5. The van der Waals surface area contributed by atoms with Gasteiger partial charge in [-0.3, -0.25) is 4.90 Å². The lowest BCUT2D eigenvalue weighted by Crippen LogP contribution is -2.46. The molecule has 0 radical (unpaired) electrons. The van der Waals surface area contributed by atoms with Gasteiger partial charge < -0.3 is 10.1 Å². The molecule has 0 aliphatic rings. The van der Waals surface area contributed by atoms with E-state index >= 15 is 0 Å². The standard InChI is InChI=1S/C18H32N2O/c1-7-13-19-18(15(5)20(8-2)14(3)4)16-9-11-17(21-6)12-10-16/h9-12,14-15,18-19H,7-8,13H2,1-6H3. The zero-order chi connectivity index (χ0) is 15.8. The number of benzene rings is 1. The first-order chi connectivity index (χ1) is 10.0. The van der Waals surface area contributed by atoms with Gasteiger partial charge in [0.15, 0.2) is 0 Å². The summed E-state index contributed by atoms with van der Waals surface area (Å²) >= 11 is 0. The summed E-state index contributed by atoms with van der Waals surface area (Å²) in [6, 6.07) is 9.80. The van der Waals surface area contributed by atoms with E-state index in [1.807, 2.05) is 12.1 Å². The van der Waals surface area contributed by atoms with Gasteiger partial charge in [0, 0.05) is 18.1 Å². The Hall–Kier alpha value is -1.06. The van der Waals surface area contributed by atoms with Gasteiger partial charge in [-0.1, -0.05) is 26.0 Å². The van der Waals surface area contributed by atoms with Gasteiger partial charge in [0.25, 0.3) is 0 Å². The van der Waals surface area contributed by atoms with Gasteiger partial charge in [-0.2, -0.15) is 0 Å². The highest BCUT2D eigenvalue weighted by Crippen LogP contribution is 2.24. The quantitative estimate of drug-likeness (QED) is 0.748. The van der Waals surface area contributed by atoms with Crippen molar-refractivity contribution < 1.29 is 4.74 Å². The molecule has 0 aliphatic carbocycles. The third-order valence-corrected chi connectivity index (χ3v) is 4.12. The van der Waals surface area contributed by atoms with Crippen molar-refractivity contribution >= 4 is 0 Å². The second-order valence-corrected chi connectivity index (χ2v) is 5.87. The van der Waals surface area contributed by atoms with Crippen molar-refractivity contribution in [3.63, 3.8) is 0 Å². The van der Waals surface area contributed by atoms with Crippen LogP contribution in [0, 0.1) is 0 Å². The van der Waals surface area contributed by atoms with E-state index in [1.54, 1.807) is 7.11 Å². The van der Waals surface area contributed by atoms with Crippen LogP contribution in [0.1, 0.15) is 52.6 Å². The Morgan fingerprint density at radius 1 is 1.10 bits per heavy atom. The molecule has 0 spiro atoms. The van der Waals surface area contributed by atoms with Crippen molar-refractivity contribution in [2.75, 3.05) is 20.2 Å². The molecule has 120 valence electrons. The van der Waals surface area contributed by atoms with Crippen molar-refractivity contribution in [2.24, 2.45) is 0 Å². The lowest BCUT2D eigenvalue weighted by molar-refractivity contribution is 0.139. The van der Waals surface area contributed by atoms with Gasteiger partial charge in [-0.15, -0.1) is 0 Å². The van der Waals surface area contributed by atoms with Crippen LogP contribution in [0.3, 0.4) is 0 Å². The van der Waals surface area contributed by atoms with E-state index < -0.39 is 0 Å². The number of hydrogen-bond donors (Lipinski definition) is 1. The molecule has 2 unspecified atom stereocenters. The summed E-state index contributed by atoms with van der Waals surface area (Å²) in [6.45, 7) is 13.4. The molecule has 1 aromatic rings. The third kappa shape index (κ3) is 5.01. The second kappa shape index (κ2) is 9.06. The molecule has 0 saturated heterocycles. The first-order valence-electron chi connectivity index (χ1n) is 8.18. The largest absolute Gasteiger partial charge is 0.497 e. The Morgan fingerprint density at radius 2 is 1.71 bits per heavy atom. The molecule has 0 amide bonds. The van der Waals surface area contributed by atoms with E-state index in [0.717, 1.165) is 25.3 Å². The van der Waals surface area contributed by atoms with E-state index in [-0.39, 0.29) is 0 Å². The summed E-state index contributed by atoms with van der Waals surface area (Å²) in [4.78, 5) is 2.54. The van der Waals surface area contributed by atoms with Gasteiger partial charge in [0.05, 0.1) is 7.11 Å². The monoisotopic (exact) mass is 292 g/mol. The molecule has 0 aliphatic heterocycles. The third-order valence-electron chi connectivity index (χ3n) is 4.12. The average molecular weight is 292 g/mol. The summed E-state index contributed by atoms with van der Waals surface area (Å²) in [5.41, 5.74) is 1.33. The summed E-state index contributed by atoms with van der Waals surface area (Å²) in [5.74, 6) is 0.914. The lowest BCUT2D eigenvalue weighted by Gasteiger charge is -2.37. The fraction of sp³-hybridized carbons (Fsp3) is 0.667. The van der Waals surface area contributed by atoms with Crippen LogP contribution in [-0.2, 0) is 0 Å². The Bertz CT molecular complexity index is 389. The Labute approximate surface area is 130 Å². The molecule has 0 heterocycles. The maximum atomic E-state index is 5.27. The van der Waals surface area contributed by atoms with Crippen LogP contribution in [0.25, 0.3) is 0 Å². The predicted molar refractivity (Wildman–Crippen MR) is 91.0 cm³/mol. The molecule has 3 nitrogen and oxygen atoms in total. The van der Waals surface area contributed by atoms with E-state index in [2.05, 4.69) is 57.0 Å². The van der Waals surface area contributed by atoms with Crippen LogP contribution in [0.2, 0.25) is 0 Å².